The minimum atomic E-state index is -0.345. The van der Waals surface area contributed by atoms with Gasteiger partial charge in [-0.1, -0.05) is 52.9 Å². The highest BCUT2D eigenvalue weighted by molar-refractivity contribution is 5.80. The first-order chi connectivity index (χ1) is 13.4. The molecule has 1 aliphatic carbocycles. The summed E-state index contributed by atoms with van der Waals surface area (Å²) in [5.41, 5.74) is 4.95. The molecule has 1 saturated carbocycles. The second-order valence-electron chi connectivity index (χ2n) is 7.86. The van der Waals surface area contributed by atoms with E-state index in [1.807, 2.05) is 20.8 Å². The lowest BCUT2D eigenvalue weighted by molar-refractivity contribution is -0.123. The Bertz CT molecular complexity index is 401. The second kappa shape index (κ2) is 18.1. The van der Waals surface area contributed by atoms with Crippen molar-refractivity contribution in [2.45, 2.75) is 85.2 Å². The molecule has 2 N–H and O–H groups in total. The van der Waals surface area contributed by atoms with Gasteiger partial charge in [0.05, 0.1) is 39.1 Å². The summed E-state index contributed by atoms with van der Waals surface area (Å²) in [5, 5.41) is 0. The highest BCUT2D eigenvalue weighted by Crippen LogP contribution is 2.27. The molecule has 1 unspecified atom stereocenters. The van der Waals surface area contributed by atoms with Gasteiger partial charge in [-0.3, -0.25) is 9.59 Å². The van der Waals surface area contributed by atoms with Crippen LogP contribution in [0.4, 0.5) is 0 Å². The molecule has 0 heterocycles. The quantitative estimate of drug-likeness (QED) is 0.440. The van der Waals surface area contributed by atoms with Crippen molar-refractivity contribution < 1.29 is 25.2 Å². The van der Waals surface area contributed by atoms with Crippen LogP contribution in [0.3, 0.4) is 0 Å². The number of hydrogen-bond donors (Lipinski definition) is 1. The van der Waals surface area contributed by atoms with Gasteiger partial charge in [-0.2, -0.15) is 0 Å². The van der Waals surface area contributed by atoms with Gasteiger partial charge >= 0.3 is 0 Å². The van der Waals surface area contributed by atoms with Gasteiger partial charge in [-0.25, -0.2) is 0 Å². The lowest BCUT2D eigenvalue weighted by Crippen LogP contribution is -2.16. The monoisotopic (exact) mass is 403 g/mol. The van der Waals surface area contributed by atoms with Gasteiger partial charge in [0.1, 0.15) is 5.78 Å². The first-order valence-corrected chi connectivity index (χ1v) is 10.9. The molecular formula is C22H45NO5. The van der Waals surface area contributed by atoms with Crippen LogP contribution in [0.5, 0.6) is 0 Å². The molecule has 1 amide bonds. The molecule has 0 aliphatic heterocycles. The summed E-state index contributed by atoms with van der Waals surface area (Å²) in [6.45, 7) is 10.7. The molecule has 1 rings (SSSR count). The van der Waals surface area contributed by atoms with Gasteiger partial charge in [0, 0.05) is 20.2 Å². The predicted molar refractivity (Wildman–Crippen MR) is 114 cm³/mol. The van der Waals surface area contributed by atoms with Crippen LogP contribution in [0.25, 0.3) is 0 Å². The number of hydrogen-bond acceptors (Lipinski definition) is 5. The van der Waals surface area contributed by atoms with Gasteiger partial charge in [0.25, 0.3) is 0 Å². The van der Waals surface area contributed by atoms with Crippen molar-refractivity contribution in [1.29, 1.82) is 0 Å². The van der Waals surface area contributed by atoms with E-state index in [0.717, 1.165) is 12.8 Å². The molecule has 1 fully saturated rings. The number of primary amides is 1. The molecule has 6 heteroatoms. The Morgan fingerprint density at radius 3 is 2.07 bits per heavy atom. The standard InChI is InChI=1S/C11H23NO4.C11H20O.H2/c1-3-10(2)16-9-8-15-7-6-14-5-4-11(12)13;1-9(2)11(12)8-10-6-4-3-5-7-10;/h10H,3-9H2,1-2H3,(H2,12,13);9-10H,3-8H2,1-2H3;1H. The van der Waals surface area contributed by atoms with Crippen molar-refractivity contribution in [2.75, 3.05) is 33.0 Å². The lowest BCUT2D eigenvalue weighted by atomic mass is 9.84. The van der Waals surface area contributed by atoms with E-state index in [1.54, 1.807) is 0 Å². The number of Topliss-reactive ketones (excluding diaryl/α,β-unsaturated/α-hetero) is 1. The first-order valence-electron chi connectivity index (χ1n) is 10.9. The molecule has 0 aromatic rings. The Morgan fingerprint density at radius 2 is 1.54 bits per heavy atom. The van der Waals surface area contributed by atoms with Crippen molar-refractivity contribution in [3.05, 3.63) is 0 Å². The van der Waals surface area contributed by atoms with Crippen LogP contribution in [0.15, 0.2) is 0 Å². The SMILES string of the molecule is CC(C)C(=O)CC1CCCCC1.CCC(C)OCCOCCOCCC(N)=O.[HH]. The third kappa shape index (κ3) is 17.1. The third-order valence-corrected chi connectivity index (χ3v) is 4.93. The highest BCUT2D eigenvalue weighted by Gasteiger charge is 2.18. The summed E-state index contributed by atoms with van der Waals surface area (Å²) in [4.78, 5) is 21.8. The Labute approximate surface area is 173 Å². The van der Waals surface area contributed by atoms with Crippen LogP contribution in [-0.4, -0.2) is 50.8 Å². The Kier molecular flexibility index (Phi) is 17.4. The zero-order chi connectivity index (χ0) is 21.2. The van der Waals surface area contributed by atoms with E-state index >= 15 is 0 Å². The van der Waals surface area contributed by atoms with E-state index in [0.29, 0.717) is 44.7 Å². The summed E-state index contributed by atoms with van der Waals surface area (Å²) in [6.07, 6.45) is 9.05. The second-order valence-corrected chi connectivity index (χ2v) is 7.86. The van der Waals surface area contributed by atoms with Crippen molar-refractivity contribution >= 4 is 11.7 Å². The molecule has 1 aliphatic rings. The van der Waals surface area contributed by atoms with Gasteiger partial charge in [0.15, 0.2) is 0 Å². The number of nitrogens with two attached hydrogens (primary N) is 1. The van der Waals surface area contributed by atoms with E-state index in [2.05, 4.69) is 6.92 Å². The van der Waals surface area contributed by atoms with Crippen LogP contribution in [0.2, 0.25) is 0 Å². The molecule has 28 heavy (non-hydrogen) atoms. The normalized spacial score (nSPS) is 15.8. The largest absolute Gasteiger partial charge is 0.379 e. The van der Waals surface area contributed by atoms with Gasteiger partial charge < -0.3 is 19.9 Å². The van der Waals surface area contributed by atoms with Crippen molar-refractivity contribution in [1.82, 2.24) is 0 Å². The molecule has 1 atom stereocenters. The molecule has 0 saturated heterocycles. The number of ketones is 1. The number of amides is 1. The average Bonchev–Trinajstić information content (AvgIpc) is 2.67. The number of ether oxygens (including phenoxy) is 3. The first kappa shape index (κ1) is 27.0. The zero-order valence-electron chi connectivity index (χ0n) is 18.5. The molecule has 0 aromatic carbocycles. The van der Waals surface area contributed by atoms with Crippen molar-refractivity contribution in [2.24, 2.45) is 17.6 Å². The van der Waals surface area contributed by atoms with Crippen LogP contribution in [0.1, 0.15) is 80.5 Å². The molecule has 0 spiro atoms. The van der Waals surface area contributed by atoms with Gasteiger partial charge in [-0.15, -0.1) is 0 Å². The van der Waals surface area contributed by atoms with E-state index in [1.165, 1.54) is 32.1 Å². The van der Waals surface area contributed by atoms with Gasteiger partial charge in [-0.05, 0) is 19.3 Å². The van der Waals surface area contributed by atoms with Crippen molar-refractivity contribution in [3.63, 3.8) is 0 Å². The number of carbonyl (C=O) groups is 2. The van der Waals surface area contributed by atoms with E-state index in [9.17, 15) is 9.59 Å². The topological polar surface area (TPSA) is 87.8 Å². The Balaban J connectivity index is 0. The van der Waals surface area contributed by atoms with Crippen molar-refractivity contribution in [3.8, 4) is 0 Å². The molecule has 0 radical (unpaired) electrons. The van der Waals surface area contributed by atoms with Crippen LogP contribution in [-0.2, 0) is 23.8 Å². The van der Waals surface area contributed by atoms with Crippen LogP contribution >= 0.6 is 0 Å². The minimum absolute atomic E-state index is 0. The fraction of sp³-hybridized carbons (Fsp3) is 0.909. The summed E-state index contributed by atoms with van der Waals surface area (Å²) in [5.74, 6) is 1.07. The Hall–Kier alpha value is -0.980. The molecule has 168 valence electrons. The Morgan fingerprint density at radius 1 is 0.964 bits per heavy atom. The maximum Gasteiger partial charge on any atom is 0.219 e. The highest BCUT2D eigenvalue weighted by atomic mass is 16.5. The third-order valence-electron chi connectivity index (χ3n) is 4.93. The van der Waals surface area contributed by atoms with Crippen LogP contribution in [0, 0.1) is 11.8 Å². The van der Waals surface area contributed by atoms with E-state index in [4.69, 9.17) is 19.9 Å². The molecular weight excluding hydrogens is 358 g/mol. The minimum Gasteiger partial charge on any atom is -0.379 e. The maximum atomic E-state index is 11.4. The summed E-state index contributed by atoms with van der Waals surface area (Å²) in [6, 6.07) is 0. The van der Waals surface area contributed by atoms with Crippen LogP contribution < -0.4 is 5.73 Å². The summed E-state index contributed by atoms with van der Waals surface area (Å²) in [7, 11) is 0. The summed E-state index contributed by atoms with van der Waals surface area (Å²) < 4.78 is 15.8. The molecule has 6 nitrogen and oxygen atoms in total. The zero-order valence-corrected chi connectivity index (χ0v) is 18.5. The molecule has 0 aromatic heterocycles. The number of rotatable bonds is 14. The predicted octanol–water partition coefficient (Wildman–Crippen LogP) is 4.14. The lowest BCUT2D eigenvalue weighted by Gasteiger charge is -2.21. The van der Waals surface area contributed by atoms with Gasteiger partial charge in [0.2, 0.25) is 5.91 Å². The number of carbonyl (C=O) groups excluding carboxylic acids is 2. The fourth-order valence-corrected chi connectivity index (χ4v) is 2.83. The average molecular weight is 404 g/mol. The maximum absolute atomic E-state index is 11.4. The fourth-order valence-electron chi connectivity index (χ4n) is 2.83. The summed E-state index contributed by atoms with van der Waals surface area (Å²) >= 11 is 0. The molecule has 0 bridgehead atoms. The smallest absolute Gasteiger partial charge is 0.219 e. The van der Waals surface area contributed by atoms with E-state index in [-0.39, 0.29) is 25.8 Å². The van der Waals surface area contributed by atoms with E-state index < -0.39 is 0 Å².